The molecule has 5 nitrogen and oxygen atoms in total. The van der Waals surface area contributed by atoms with E-state index in [-0.39, 0.29) is 5.41 Å². The van der Waals surface area contributed by atoms with Crippen molar-refractivity contribution in [1.29, 1.82) is 5.26 Å². The SMILES string of the molecule is C=C(C)[C@H]1CC[C@@](C)(CCC#N)C(=NNC(N)=O)C1. The molecule has 0 aliphatic heterocycles. The van der Waals surface area contributed by atoms with Crippen molar-refractivity contribution in [2.24, 2.45) is 22.2 Å². The molecule has 0 bridgehead atoms. The smallest absolute Gasteiger partial charge is 0.332 e. The number of hydrogen-bond acceptors (Lipinski definition) is 3. The Morgan fingerprint density at radius 1 is 1.74 bits per heavy atom. The van der Waals surface area contributed by atoms with Crippen molar-refractivity contribution < 1.29 is 4.79 Å². The molecular weight excluding hydrogens is 240 g/mol. The Hall–Kier alpha value is -1.83. The van der Waals surface area contributed by atoms with Gasteiger partial charge in [0.1, 0.15) is 0 Å². The van der Waals surface area contributed by atoms with E-state index in [2.05, 4.69) is 30.1 Å². The van der Waals surface area contributed by atoms with Crippen LogP contribution in [0.15, 0.2) is 17.3 Å². The fourth-order valence-corrected chi connectivity index (χ4v) is 2.54. The summed E-state index contributed by atoms with van der Waals surface area (Å²) in [5, 5.41) is 12.9. The Labute approximate surface area is 114 Å². The molecule has 19 heavy (non-hydrogen) atoms. The Balaban J connectivity index is 2.90. The average molecular weight is 262 g/mol. The van der Waals surface area contributed by atoms with Gasteiger partial charge in [0, 0.05) is 17.5 Å². The van der Waals surface area contributed by atoms with Crippen molar-refractivity contribution in [3.8, 4) is 6.07 Å². The maximum atomic E-state index is 10.8. The van der Waals surface area contributed by atoms with E-state index in [1.165, 1.54) is 0 Å². The largest absolute Gasteiger partial charge is 0.350 e. The predicted octanol–water partition coefficient (Wildman–Crippen LogP) is 2.70. The molecule has 3 N–H and O–H groups in total. The number of rotatable bonds is 4. The molecule has 0 spiro atoms. The number of primary amides is 1. The highest BCUT2D eigenvalue weighted by molar-refractivity contribution is 5.92. The number of hydrogen-bond donors (Lipinski definition) is 2. The Morgan fingerprint density at radius 2 is 2.42 bits per heavy atom. The molecule has 1 fully saturated rings. The van der Waals surface area contributed by atoms with Crippen LogP contribution in [0.25, 0.3) is 0 Å². The van der Waals surface area contributed by atoms with E-state index in [0.29, 0.717) is 12.3 Å². The Morgan fingerprint density at radius 3 is 2.95 bits per heavy atom. The molecule has 2 amide bonds. The topological polar surface area (TPSA) is 91.3 Å². The van der Waals surface area contributed by atoms with Crippen LogP contribution in [0.1, 0.15) is 46.0 Å². The molecule has 1 aliphatic carbocycles. The lowest BCUT2D eigenvalue weighted by Gasteiger charge is -2.38. The first-order chi connectivity index (χ1) is 8.89. The quantitative estimate of drug-likeness (QED) is 0.602. The van der Waals surface area contributed by atoms with Gasteiger partial charge in [0.15, 0.2) is 0 Å². The third-order valence-electron chi connectivity index (χ3n) is 3.97. The van der Waals surface area contributed by atoms with E-state index < -0.39 is 6.03 Å². The molecule has 0 aromatic heterocycles. The zero-order valence-electron chi connectivity index (χ0n) is 11.7. The highest BCUT2D eigenvalue weighted by Crippen LogP contribution is 2.41. The van der Waals surface area contributed by atoms with Crippen molar-refractivity contribution >= 4 is 11.7 Å². The summed E-state index contributed by atoms with van der Waals surface area (Å²) < 4.78 is 0. The minimum Gasteiger partial charge on any atom is -0.350 e. The first-order valence-corrected chi connectivity index (χ1v) is 6.54. The normalized spacial score (nSPS) is 28.7. The van der Waals surface area contributed by atoms with Gasteiger partial charge in [0.05, 0.1) is 6.07 Å². The average Bonchev–Trinajstić information content (AvgIpc) is 2.35. The number of nitrogens with zero attached hydrogens (tertiary/aromatic N) is 2. The number of carbonyl (C=O) groups is 1. The van der Waals surface area contributed by atoms with E-state index in [9.17, 15) is 4.79 Å². The van der Waals surface area contributed by atoms with Gasteiger partial charge in [0.2, 0.25) is 0 Å². The Kier molecular flexibility index (Phi) is 5.11. The van der Waals surface area contributed by atoms with Crippen LogP contribution in [0.5, 0.6) is 0 Å². The summed E-state index contributed by atoms with van der Waals surface area (Å²) >= 11 is 0. The van der Waals surface area contributed by atoms with Gasteiger partial charge in [-0.3, -0.25) is 0 Å². The van der Waals surface area contributed by atoms with Crippen LogP contribution < -0.4 is 11.2 Å². The minimum atomic E-state index is -0.660. The standard InChI is InChI=1S/C14H22N4O/c1-10(2)11-5-7-14(3,6-4-8-15)12(9-11)17-18-13(16)19/h11H,1,4-7,9H2,2-3H3,(H3,16,18,19)/t11-,14+/m0/s1. The van der Waals surface area contributed by atoms with Crippen LogP contribution in [-0.4, -0.2) is 11.7 Å². The van der Waals surface area contributed by atoms with Crippen molar-refractivity contribution in [3.63, 3.8) is 0 Å². The summed E-state index contributed by atoms with van der Waals surface area (Å²) in [7, 11) is 0. The van der Waals surface area contributed by atoms with Crippen LogP contribution in [0.2, 0.25) is 0 Å². The summed E-state index contributed by atoms with van der Waals surface area (Å²) in [6, 6.07) is 1.52. The van der Waals surface area contributed by atoms with Crippen molar-refractivity contribution in [2.45, 2.75) is 46.0 Å². The molecule has 1 rings (SSSR count). The van der Waals surface area contributed by atoms with Gasteiger partial charge in [0.25, 0.3) is 0 Å². The molecule has 0 saturated heterocycles. The molecule has 5 heteroatoms. The molecule has 1 aliphatic rings. The third kappa shape index (κ3) is 4.09. The fraction of sp³-hybridized carbons (Fsp3) is 0.643. The number of hydrazone groups is 1. The number of nitriles is 1. The van der Waals surface area contributed by atoms with Gasteiger partial charge < -0.3 is 5.73 Å². The number of nitrogens with one attached hydrogen (secondary N) is 1. The van der Waals surface area contributed by atoms with Crippen LogP contribution in [0, 0.1) is 22.7 Å². The lowest BCUT2D eigenvalue weighted by molar-refractivity contribution is 0.248. The predicted molar refractivity (Wildman–Crippen MR) is 75.3 cm³/mol. The number of amides is 2. The first kappa shape index (κ1) is 15.2. The van der Waals surface area contributed by atoms with E-state index >= 15 is 0 Å². The summed E-state index contributed by atoms with van der Waals surface area (Å²) in [5.41, 5.74) is 9.30. The van der Waals surface area contributed by atoms with Gasteiger partial charge in [-0.25, -0.2) is 10.2 Å². The number of urea groups is 1. The first-order valence-electron chi connectivity index (χ1n) is 6.54. The van der Waals surface area contributed by atoms with E-state index in [4.69, 9.17) is 11.0 Å². The van der Waals surface area contributed by atoms with E-state index in [1.54, 1.807) is 0 Å². The second-order valence-electron chi connectivity index (χ2n) is 5.54. The number of allylic oxidation sites excluding steroid dienone is 1. The number of carbonyl (C=O) groups excluding carboxylic acids is 1. The highest BCUT2D eigenvalue weighted by atomic mass is 16.2. The molecule has 2 atom stereocenters. The van der Waals surface area contributed by atoms with Crippen LogP contribution >= 0.6 is 0 Å². The van der Waals surface area contributed by atoms with E-state index in [0.717, 1.165) is 37.0 Å². The molecule has 0 aromatic carbocycles. The summed E-state index contributed by atoms with van der Waals surface area (Å²) in [5.74, 6) is 0.392. The second kappa shape index (κ2) is 6.37. The molecular formula is C14H22N4O. The van der Waals surface area contributed by atoms with Crippen LogP contribution in [-0.2, 0) is 0 Å². The molecule has 0 heterocycles. The molecule has 104 valence electrons. The summed E-state index contributed by atoms with van der Waals surface area (Å²) in [6.07, 6.45) is 4.02. The zero-order chi connectivity index (χ0) is 14.5. The molecule has 0 unspecified atom stereocenters. The van der Waals surface area contributed by atoms with Crippen LogP contribution in [0.4, 0.5) is 4.79 Å². The van der Waals surface area contributed by atoms with Gasteiger partial charge >= 0.3 is 6.03 Å². The lowest BCUT2D eigenvalue weighted by atomic mass is 9.67. The Bertz CT molecular complexity index is 435. The molecule has 1 saturated carbocycles. The van der Waals surface area contributed by atoms with Crippen LogP contribution in [0.3, 0.4) is 0 Å². The lowest BCUT2D eigenvalue weighted by Crippen LogP contribution is -2.38. The third-order valence-corrected chi connectivity index (χ3v) is 3.97. The summed E-state index contributed by atoms with van der Waals surface area (Å²) in [4.78, 5) is 10.8. The summed E-state index contributed by atoms with van der Waals surface area (Å²) in [6.45, 7) is 8.11. The van der Waals surface area contributed by atoms with Crippen molar-refractivity contribution in [1.82, 2.24) is 5.43 Å². The second-order valence-corrected chi connectivity index (χ2v) is 5.54. The van der Waals surface area contributed by atoms with Gasteiger partial charge in [-0.05, 0) is 38.5 Å². The van der Waals surface area contributed by atoms with E-state index in [1.807, 2.05) is 6.92 Å². The van der Waals surface area contributed by atoms with Crippen molar-refractivity contribution in [3.05, 3.63) is 12.2 Å². The zero-order valence-corrected chi connectivity index (χ0v) is 11.7. The fourth-order valence-electron chi connectivity index (χ4n) is 2.54. The number of nitrogens with two attached hydrogens (primary N) is 1. The van der Waals surface area contributed by atoms with Gasteiger partial charge in [-0.15, -0.1) is 0 Å². The molecule has 0 radical (unpaired) electrons. The van der Waals surface area contributed by atoms with Gasteiger partial charge in [-0.1, -0.05) is 19.1 Å². The maximum absolute atomic E-state index is 10.8. The monoisotopic (exact) mass is 262 g/mol. The molecule has 0 aromatic rings. The minimum absolute atomic E-state index is 0.135. The maximum Gasteiger partial charge on any atom is 0.332 e. The van der Waals surface area contributed by atoms with Crippen molar-refractivity contribution in [2.75, 3.05) is 0 Å². The highest BCUT2D eigenvalue weighted by Gasteiger charge is 2.37. The van der Waals surface area contributed by atoms with Gasteiger partial charge in [-0.2, -0.15) is 10.4 Å².